The number of aliphatic carboxylic acids is 1. The van der Waals surface area contributed by atoms with Crippen LogP contribution in [-0.2, 0) is 16.0 Å². The predicted octanol–water partition coefficient (Wildman–Crippen LogP) is 3.62. The van der Waals surface area contributed by atoms with Crippen molar-refractivity contribution in [3.63, 3.8) is 0 Å². The van der Waals surface area contributed by atoms with Crippen molar-refractivity contribution in [1.82, 2.24) is 0 Å². The third kappa shape index (κ3) is 7.38. The number of phenolic OH excluding ortho intramolecular Hbond substituents is 2. The molecule has 0 amide bonds. The number of carboxylic acid groups (broad SMARTS) is 1. The van der Waals surface area contributed by atoms with Crippen LogP contribution in [0.1, 0.15) is 32.8 Å². The molecule has 1 aromatic carbocycles. The van der Waals surface area contributed by atoms with E-state index in [-0.39, 0.29) is 23.7 Å². The SMILES string of the molecule is C=C(/C=C/C)OC(Cc1ccc(O)c(O)c1)C(=O)O.CCC. The molecule has 22 heavy (non-hydrogen) atoms. The molecule has 0 saturated carbocycles. The minimum Gasteiger partial charge on any atom is -0.504 e. The van der Waals surface area contributed by atoms with Crippen LogP contribution in [0.2, 0.25) is 0 Å². The molecular formula is C17H24O5. The van der Waals surface area contributed by atoms with Gasteiger partial charge in [-0.05, 0) is 30.7 Å². The molecule has 5 nitrogen and oxygen atoms in total. The highest BCUT2D eigenvalue weighted by atomic mass is 16.5. The van der Waals surface area contributed by atoms with Crippen molar-refractivity contribution in [2.24, 2.45) is 0 Å². The first-order chi connectivity index (χ1) is 10.3. The van der Waals surface area contributed by atoms with Crippen LogP contribution in [0.4, 0.5) is 0 Å². The lowest BCUT2D eigenvalue weighted by Gasteiger charge is -2.15. The minimum absolute atomic E-state index is 0.0553. The Kier molecular flexibility index (Phi) is 9.18. The average Bonchev–Trinajstić information content (AvgIpc) is 2.43. The summed E-state index contributed by atoms with van der Waals surface area (Å²) in [4.78, 5) is 11.1. The Balaban J connectivity index is 0.00000135. The maximum absolute atomic E-state index is 11.1. The Labute approximate surface area is 131 Å². The van der Waals surface area contributed by atoms with Crippen LogP contribution < -0.4 is 0 Å². The van der Waals surface area contributed by atoms with Crippen LogP contribution in [0, 0.1) is 0 Å². The van der Waals surface area contributed by atoms with Crippen molar-refractivity contribution in [3.05, 3.63) is 48.3 Å². The molecule has 122 valence electrons. The monoisotopic (exact) mass is 308 g/mol. The third-order valence-corrected chi connectivity index (χ3v) is 2.38. The Morgan fingerprint density at radius 1 is 1.32 bits per heavy atom. The van der Waals surface area contributed by atoms with Crippen LogP contribution in [0.3, 0.4) is 0 Å². The van der Waals surface area contributed by atoms with Gasteiger partial charge in [-0.2, -0.15) is 0 Å². The smallest absolute Gasteiger partial charge is 0.345 e. The van der Waals surface area contributed by atoms with Crippen molar-refractivity contribution in [2.45, 2.75) is 39.7 Å². The summed E-state index contributed by atoms with van der Waals surface area (Å²) in [6.45, 7) is 9.59. The van der Waals surface area contributed by atoms with Gasteiger partial charge in [-0.1, -0.05) is 39.0 Å². The Morgan fingerprint density at radius 2 is 1.91 bits per heavy atom. The predicted molar refractivity (Wildman–Crippen MR) is 85.9 cm³/mol. The summed E-state index contributed by atoms with van der Waals surface area (Å²) in [7, 11) is 0. The van der Waals surface area contributed by atoms with Crippen molar-refractivity contribution in [2.75, 3.05) is 0 Å². The highest BCUT2D eigenvalue weighted by Crippen LogP contribution is 2.25. The lowest BCUT2D eigenvalue weighted by atomic mass is 10.1. The van der Waals surface area contributed by atoms with Crippen LogP contribution in [-0.4, -0.2) is 27.4 Å². The quantitative estimate of drug-likeness (QED) is 0.424. The van der Waals surface area contributed by atoms with E-state index < -0.39 is 12.1 Å². The van der Waals surface area contributed by atoms with Gasteiger partial charge in [-0.25, -0.2) is 4.79 Å². The molecule has 0 aliphatic carbocycles. The van der Waals surface area contributed by atoms with Gasteiger partial charge < -0.3 is 20.1 Å². The highest BCUT2D eigenvalue weighted by Gasteiger charge is 2.20. The second-order valence-electron chi connectivity index (χ2n) is 4.65. The van der Waals surface area contributed by atoms with Gasteiger partial charge in [0.2, 0.25) is 0 Å². The third-order valence-electron chi connectivity index (χ3n) is 2.38. The number of allylic oxidation sites excluding steroid dienone is 2. The molecular weight excluding hydrogens is 284 g/mol. The van der Waals surface area contributed by atoms with E-state index in [0.29, 0.717) is 5.56 Å². The molecule has 0 aliphatic heterocycles. The first-order valence-corrected chi connectivity index (χ1v) is 7.07. The van der Waals surface area contributed by atoms with Crippen molar-refractivity contribution in [1.29, 1.82) is 0 Å². The zero-order valence-corrected chi connectivity index (χ0v) is 13.2. The molecule has 0 bridgehead atoms. The van der Waals surface area contributed by atoms with Gasteiger partial charge in [-0.3, -0.25) is 0 Å². The Morgan fingerprint density at radius 3 is 2.36 bits per heavy atom. The Hall–Kier alpha value is -2.43. The van der Waals surface area contributed by atoms with E-state index in [9.17, 15) is 15.0 Å². The van der Waals surface area contributed by atoms with Crippen molar-refractivity contribution < 1.29 is 24.9 Å². The van der Waals surface area contributed by atoms with Gasteiger partial charge in [0.05, 0.1) is 0 Å². The zero-order chi connectivity index (χ0) is 17.1. The summed E-state index contributed by atoms with van der Waals surface area (Å²) in [6, 6.07) is 4.12. The van der Waals surface area contributed by atoms with E-state index in [0.717, 1.165) is 0 Å². The van der Waals surface area contributed by atoms with E-state index in [1.165, 1.54) is 24.6 Å². The van der Waals surface area contributed by atoms with Crippen LogP contribution in [0.5, 0.6) is 11.5 Å². The van der Waals surface area contributed by atoms with Crippen molar-refractivity contribution in [3.8, 4) is 11.5 Å². The van der Waals surface area contributed by atoms with E-state index >= 15 is 0 Å². The lowest BCUT2D eigenvalue weighted by Crippen LogP contribution is -2.25. The van der Waals surface area contributed by atoms with Gasteiger partial charge in [-0.15, -0.1) is 0 Å². The molecule has 0 heterocycles. The summed E-state index contributed by atoms with van der Waals surface area (Å²) in [5, 5.41) is 27.6. The van der Waals surface area contributed by atoms with Crippen LogP contribution in [0.15, 0.2) is 42.7 Å². The number of aromatic hydroxyl groups is 2. The molecule has 1 atom stereocenters. The number of rotatable bonds is 6. The molecule has 0 spiro atoms. The fourth-order valence-electron chi connectivity index (χ4n) is 1.50. The molecule has 1 rings (SSSR count). The first kappa shape index (κ1) is 19.6. The number of carboxylic acids is 1. The minimum atomic E-state index is -1.13. The second kappa shape index (κ2) is 10.3. The molecule has 3 N–H and O–H groups in total. The first-order valence-electron chi connectivity index (χ1n) is 7.07. The molecule has 0 fully saturated rings. The summed E-state index contributed by atoms with van der Waals surface area (Å²) in [5.74, 6) is -1.43. The standard InChI is InChI=1S/C14H16O5.C3H8/c1-3-4-9(2)19-13(14(17)18)8-10-5-6-11(15)12(16)7-10;1-3-2/h3-7,13,15-16H,2,8H2,1H3,(H,17,18);3H2,1-2H3/b4-3+;. The lowest BCUT2D eigenvalue weighted by molar-refractivity contribution is -0.147. The summed E-state index contributed by atoms with van der Waals surface area (Å²) in [5.41, 5.74) is 0.538. The topological polar surface area (TPSA) is 87.0 Å². The number of carbonyl (C=O) groups is 1. The largest absolute Gasteiger partial charge is 0.504 e. The molecule has 0 aliphatic rings. The van der Waals surface area contributed by atoms with Gasteiger partial charge in [0.15, 0.2) is 17.6 Å². The Bertz CT molecular complexity index is 520. The van der Waals surface area contributed by atoms with E-state index in [2.05, 4.69) is 20.4 Å². The molecule has 0 aromatic heterocycles. The summed E-state index contributed by atoms with van der Waals surface area (Å²) < 4.78 is 5.20. The maximum atomic E-state index is 11.1. The van der Waals surface area contributed by atoms with Gasteiger partial charge in [0.25, 0.3) is 0 Å². The van der Waals surface area contributed by atoms with Gasteiger partial charge >= 0.3 is 5.97 Å². The average molecular weight is 308 g/mol. The van der Waals surface area contributed by atoms with E-state index in [1.807, 2.05) is 0 Å². The fourth-order valence-corrected chi connectivity index (χ4v) is 1.50. The second-order valence-corrected chi connectivity index (χ2v) is 4.65. The number of ether oxygens (including phenoxy) is 1. The van der Waals surface area contributed by atoms with Crippen LogP contribution in [0.25, 0.3) is 0 Å². The number of hydrogen-bond donors (Lipinski definition) is 3. The van der Waals surface area contributed by atoms with Crippen LogP contribution >= 0.6 is 0 Å². The summed E-state index contributed by atoms with van der Waals surface area (Å²) >= 11 is 0. The van der Waals surface area contributed by atoms with Crippen molar-refractivity contribution >= 4 is 5.97 Å². The molecule has 1 unspecified atom stereocenters. The van der Waals surface area contributed by atoms with Gasteiger partial charge in [0, 0.05) is 6.42 Å². The number of hydrogen-bond acceptors (Lipinski definition) is 4. The highest BCUT2D eigenvalue weighted by molar-refractivity contribution is 5.73. The van der Waals surface area contributed by atoms with Gasteiger partial charge in [0.1, 0.15) is 5.76 Å². The summed E-state index contributed by atoms with van der Waals surface area (Å²) in [6.07, 6.45) is 3.45. The number of phenols is 2. The molecule has 0 saturated heterocycles. The zero-order valence-electron chi connectivity index (χ0n) is 13.2. The normalized spacial score (nSPS) is 11.4. The van der Waals surface area contributed by atoms with E-state index in [1.54, 1.807) is 19.1 Å². The maximum Gasteiger partial charge on any atom is 0.345 e. The molecule has 1 aromatic rings. The number of benzene rings is 1. The molecule has 5 heteroatoms. The molecule has 0 radical (unpaired) electrons. The fraction of sp³-hybridized carbons (Fsp3) is 0.353. The van der Waals surface area contributed by atoms with E-state index in [4.69, 9.17) is 9.84 Å².